The zero-order valence-electron chi connectivity index (χ0n) is 13.8. The number of anilines is 1. The third kappa shape index (κ3) is 3.72. The number of nitriles is 1. The Kier molecular flexibility index (Phi) is 4.86. The van der Waals surface area contributed by atoms with Gasteiger partial charge in [0.15, 0.2) is 10.9 Å². The van der Waals surface area contributed by atoms with E-state index in [2.05, 4.69) is 21.7 Å². The SMILES string of the molecule is CC(=O)NCc1ccc(-c2csc(NC(=O)C3(C#N)CCCC3)n2)o1. The smallest absolute Gasteiger partial charge is 0.246 e. The van der Waals surface area contributed by atoms with E-state index < -0.39 is 5.41 Å². The lowest BCUT2D eigenvalue weighted by atomic mass is 9.87. The summed E-state index contributed by atoms with van der Waals surface area (Å²) in [5.74, 6) is 0.778. The second kappa shape index (κ2) is 7.07. The molecule has 2 aromatic heterocycles. The van der Waals surface area contributed by atoms with Gasteiger partial charge in [0.1, 0.15) is 16.9 Å². The molecule has 2 aromatic rings. The molecule has 2 heterocycles. The van der Waals surface area contributed by atoms with Gasteiger partial charge >= 0.3 is 0 Å². The molecule has 0 aromatic carbocycles. The molecular weight excluding hydrogens is 340 g/mol. The van der Waals surface area contributed by atoms with Crippen molar-refractivity contribution in [2.45, 2.75) is 39.2 Å². The third-order valence-electron chi connectivity index (χ3n) is 4.26. The van der Waals surface area contributed by atoms with Crippen molar-refractivity contribution in [2.24, 2.45) is 5.41 Å². The molecule has 1 aliphatic rings. The minimum Gasteiger partial charge on any atom is -0.458 e. The van der Waals surface area contributed by atoms with Gasteiger partial charge in [-0.05, 0) is 25.0 Å². The number of hydrogen-bond acceptors (Lipinski definition) is 6. The van der Waals surface area contributed by atoms with Crippen LogP contribution in [0, 0.1) is 16.7 Å². The Hall–Kier alpha value is -2.66. The topological polar surface area (TPSA) is 108 Å². The van der Waals surface area contributed by atoms with Gasteiger partial charge in [0, 0.05) is 12.3 Å². The van der Waals surface area contributed by atoms with Crippen molar-refractivity contribution in [2.75, 3.05) is 5.32 Å². The van der Waals surface area contributed by atoms with Crippen LogP contribution in [0.15, 0.2) is 21.9 Å². The van der Waals surface area contributed by atoms with Crippen LogP contribution in [0.5, 0.6) is 0 Å². The zero-order valence-corrected chi connectivity index (χ0v) is 14.6. The molecule has 2 N–H and O–H groups in total. The fourth-order valence-corrected chi connectivity index (χ4v) is 3.55. The van der Waals surface area contributed by atoms with Crippen LogP contribution in [0.1, 0.15) is 38.4 Å². The molecule has 0 atom stereocenters. The number of furan rings is 1. The first-order valence-electron chi connectivity index (χ1n) is 8.04. The van der Waals surface area contributed by atoms with E-state index in [1.807, 2.05) is 0 Å². The zero-order chi connectivity index (χ0) is 17.9. The molecule has 0 unspecified atom stereocenters. The van der Waals surface area contributed by atoms with Crippen LogP contribution >= 0.6 is 11.3 Å². The number of nitrogens with zero attached hydrogens (tertiary/aromatic N) is 2. The Balaban J connectivity index is 1.67. The van der Waals surface area contributed by atoms with Gasteiger partial charge in [-0.25, -0.2) is 4.98 Å². The van der Waals surface area contributed by atoms with Crippen molar-refractivity contribution < 1.29 is 14.0 Å². The monoisotopic (exact) mass is 358 g/mol. The number of thiazole rings is 1. The van der Waals surface area contributed by atoms with E-state index >= 15 is 0 Å². The quantitative estimate of drug-likeness (QED) is 0.854. The lowest BCUT2D eigenvalue weighted by Gasteiger charge is -2.17. The summed E-state index contributed by atoms with van der Waals surface area (Å²) in [6.45, 7) is 1.76. The largest absolute Gasteiger partial charge is 0.458 e. The first-order valence-corrected chi connectivity index (χ1v) is 8.92. The molecule has 3 rings (SSSR count). The van der Waals surface area contributed by atoms with Gasteiger partial charge in [-0.3, -0.25) is 9.59 Å². The first kappa shape index (κ1) is 17.2. The summed E-state index contributed by atoms with van der Waals surface area (Å²) >= 11 is 1.29. The Labute approximate surface area is 149 Å². The minimum absolute atomic E-state index is 0.130. The molecule has 1 aliphatic carbocycles. The van der Waals surface area contributed by atoms with Crippen LogP contribution in [-0.4, -0.2) is 16.8 Å². The van der Waals surface area contributed by atoms with E-state index in [1.165, 1.54) is 18.3 Å². The lowest BCUT2D eigenvalue weighted by molar-refractivity contribution is -0.122. The summed E-state index contributed by atoms with van der Waals surface area (Å²) in [6, 6.07) is 5.71. The molecule has 1 fully saturated rings. The summed E-state index contributed by atoms with van der Waals surface area (Å²) < 4.78 is 5.64. The van der Waals surface area contributed by atoms with Crippen molar-refractivity contribution in [1.29, 1.82) is 5.26 Å². The van der Waals surface area contributed by atoms with Crippen molar-refractivity contribution >= 4 is 28.3 Å². The highest BCUT2D eigenvalue weighted by Crippen LogP contribution is 2.39. The fraction of sp³-hybridized carbons (Fsp3) is 0.412. The highest BCUT2D eigenvalue weighted by molar-refractivity contribution is 7.14. The molecular formula is C17H18N4O3S. The molecule has 2 amide bonds. The van der Waals surface area contributed by atoms with Gasteiger partial charge in [-0.15, -0.1) is 11.3 Å². The Morgan fingerprint density at radius 3 is 2.84 bits per heavy atom. The van der Waals surface area contributed by atoms with E-state index in [1.54, 1.807) is 17.5 Å². The average Bonchev–Trinajstić information content (AvgIpc) is 3.33. The second-order valence-corrected chi connectivity index (χ2v) is 6.93. The van der Waals surface area contributed by atoms with Crippen LogP contribution in [0.25, 0.3) is 11.5 Å². The van der Waals surface area contributed by atoms with Crippen LogP contribution in [0.3, 0.4) is 0 Å². The molecule has 0 radical (unpaired) electrons. The first-order chi connectivity index (χ1) is 12.0. The van der Waals surface area contributed by atoms with Crippen LogP contribution in [-0.2, 0) is 16.1 Å². The van der Waals surface area contributed by atoms with Crippen molar-refractivity contribution in [3.63, 3.8) is 0 Å². The Morgan fingerprint density at radius 2 is 2.16 bits per heavy atom. The number of aromatic nitrogens is 1. The summed E-state index contributed by atoms with van der Waals surface area (Å²) in [4.78, 5) is 27.7. The van der Waals surface area contributed by atoms with Crippen molar-refractivity contribution in [1.82, 2.24) is 10.3 Å². The van der Waals surface area contributed by atoms with Crippen molar-refractivity contribution in [3.05, 3.63) is 23.3 Å². The number of amides is 2. The van der Waals surface area contributed by atoms with Gasteiger partial charge in [-0.2, -0.15) is 5.26 Å². The maximum Gasteiger partial charge on any atom is 0.246 e. The molecule has 7 nitrogen and oxygen atoms in total. The van der Waals surface area contributed by atoms with E-state index in [0.29, 0.717) is 41.7 Å². The lowest BCUT2D eigenvalue weighted by Crippen LogP contribution is -2.32. The molecule has 0 aliphatic heterocycles. The fourth-order valence-electron chi connectivity index (χ4n) is 2.85. The number of carbonyl (C=O) groups excluding carboxylic acids is 2. The van der Waals surface area contributed by atoms with Crippen LogP contribution in [0.2, 0.25) is 0 Å². The number of hydrogen-bond donors (Lipinski definition) is 2. The van der Waals surface area contributed by atoms with Gasteiger partial charge in [0.2, 0.25) is 11.8 Å². The summed E-state index contributed by atoms with van der Waals surface area (Å²) in [5, 5.41) is 17.0. The van der Waals surface area contributed by atoms with E-state index in [-0.39, 0.29) is 11.8 Å². The van der Waals surface area contributed by atoms with Crippen LogP contribution < -0.4 is 10.6 Å². The summed E-state index contributed by atoms with van der Waals surface area (Å²) in [5.41, 5.74) is -0.325. The highest BCUT2D eigenvalue weighted by atomic mass is 32.1. The van der Waals surface area contributed by atoms with E-state index in [4.69, 9.17) is 4.42 Å². The summed E-state index contributed by atoms with van der Waals surface area (Å²) in [7, 11) is 0. The molecule has 1 saturated carbocycles. The predicted octanol–water partition coefficient (Wildman–Crippen LogP) is 3.06. The molecule has 8 heteroatoms. The predicted molar refractivity (Wildman–Crippen MR) is 92.5 cm³/mol. The van der Waals surface area contributed by atoms with Gasteiger partial charge in [-0.1, -0.05) is 12.8 Å². The average molecular weight is 358 g/mol. The van der Waals surface area contributed by atoms with E-state index in [0.717, 1.165) is 12.8 Å². The molecule has 0 saturated heterocycles. The second-order valence-electron chi connectivity index (χ2n) is 6.07. The minimum atomic E-state index is -0.929. The molecule has 130 valence electrons. The maximum absolute atomic E-state index is 12.4. The van der Waals surface area contributed by atoms with Crippen LogP contribution in [0.4, 0.5) is 5.13 Å². The highest BCUT2D eigenvalue weighted by Gasteiger charge is 2.41. The van der Waals surface area contributed by atoms with Crippen molar-refractivity contribution in [3.8, 4) is 17.5 Å². The van der Waals surface area contributed by atoms with Gasteiger partial charge < -0.3 is 15.1 Å². The number of nitrogens with one attached hydrogen (secondary N) is 2. The van der Waals surface area contributed by atoms with Gasteiger partial charge in [0.05, 0.1) is 12.6 Å². The normalized spacial score (nSPS) is 15.5. The number of rotatable bonds is 5. The van der Waals surface area contributed by atoms with E-state index in [9.17, 15) is 14.9 Å². The maximum atomic E-state index is 12.4. The standard InChI is InChI=1S/C17H18N4O3S/c1-11(22)19-8-12-4-5-14(24-12)13-9-25-16(20-13)21-15(23)17(10-18)6-2-3-7-17/h4-5,9H,2-3,6-8H2,1H3,(H,19,22)(H,20,21,23). The number of carbonyl (C=O) groups is 2. The molecule has 25 heavy (non-hydrogen) atoms. The van der Waals surface area contributed by atoms with Gasteiger partial charge in [0.25, 0.3) is 0 Å². The molecule has 0 bridgehead atoms. The molecule has 0 spiro atoms. The third-order valence-corrected chi connectivity index (χ3v) is 5.01. The Bertz CT molecular complexity index is 827. The Morgan fingerprint density at radius 1 is 1.40 bits per heavy atom. The summed E-state index contributed by atoms with van der Waals surface area (Å²) in [6.07, 6.45) is 2.98.